The Morgan fingerprint density at radius 2 is 0.879 bits per heavy atom. The summed E-state index contributed by atoms with van der Waals surface area (Å²) in [5.41, 5.74) is 0. The summed E-state index contributed by atoms with van der Waals surface area (Å²) in [7, 11) is 11.5. The lowest BCUT2D eigenvalue weighted by Gasteiger charge is -1.90. The Labute approximate surface area is 207 Å². The molecular formula is C19H44N2O10S2. The zero-order chi connectivity index (χ0) is 28.3. The smallest absolute Gasteiger partial charge is 0.469 e. The molecule has 202 valence electrons. The molecule has 0 aliphatic heterocycles. The average Bonchev–Trinajstić information content (AvgIpc) is 2.80. The van der Waals surface area contributed by atoms with Crippen molar-refractivity contribution < 1.29 is 47.7 Å². The van der Waals surface area contributed by atoms with Gasteiger partial charge in [-0.25, -0.2) is 9.59 Å². The largest absolute Gasteiger partial charge is 0.507 e. The van der Waals surface area contributed by atoms with Crippen LogP contribution in [0.4, 0.5) is 9.59 Å². The zero-order valence-corrected chi connectivity index (χ0v) is 24.0. The number of thioether (sulfide) groups is 2. The van der Waals surface area contributed by atoms with Crippen molar-refractivity contribution in [1.29, 1.82) is 0 Å². The van der Waals surface area contributed by atoms with Crippen molar-refractivity contribution in [3.63, 3.8) is 0 Å². The SMILES string of the molecule is CNC(=O)OC.CNC(C)=O.COC.COC(=O)OC.COC(C)=O.CSC.CSC(C)=O. The van der Waals surface area contributed by atoms with Crippen molar-refractivity contribution in [3.8, 4) is 0 Å². The van der Waals surface area contributed by atoms with Crippen molar-refractivity contribution >= 4 is 52.8 Å². The van der Waals surface area contributed by atoms with Crippen molar-refractivity contribution in [2.75, 3.05) is 75.5 Å². The summed E-state index contributed by atoms with van der Waals surface area (Å²) < 4.78 is 20.6. The first-order valence-corrected chi connectivity index (χ1v) is 11.6. The van der Waals surface area contributed by atoms with Crippen LogP contribution in [0.1, 0.15) is 20.8 Å². The second-order valence-corrected chi connectivity index (χ2v) is 6.21. The number of esters is 1. The van der Waals surface area contributed by atoms with Gasteiger partial charge in [0, 0.05) is 49.1 Å². The van der Waals surface area contributed by atoms with Gasteiger partial charge in [0.2, 0.25) is 5.91 Å². The van der Waals surface area contributed by atoms with E-state index < -0.39 is 12.2 Å². The summed E-state index contributed by atoms with van der Waals surface area (Å²) in [6, 6.07) is 0. The molecule has 2 N–H and O–H groups in total. The minimum Gasteiger partial charge on any atom is -0.469 e. The Morgan fingerprint density at radius 3 is 0.879 bits per heavy atom. The lowest BCUT2D eigenvalue weighted by atomic mass is 10.7. The fraction of sp³-hybridized carbons (Fsp3) is 0.737. The number of hydrogen-bond acceptors (Lipinski definition) is 12. The summed E-state index contributed by atoms with van der Waals surface area (Å²) in [6.45, 7) is 4.38. The zero-order valence-electron chi connectivity index (χ0n) is 22.4. The van der Waals surface area contributed by atoms with E-state index in [1.54, 1.807) is 46.2 Å². The first-order valence-electron chi connectivity index (χ1n) is 8.72. The Balaban J connectivity index is -0.0000000485. The Bertz CT molecular complexity index is 378. The third-order valence-corrected chi connectivity index (χ3v) is 2.22. The standard InChI is InChI=1S/C3H7NO2.C3H7NO.C3H6O3.C3H6O2.C3H6OS.C2H6O.C2H6S/c1-4-3(5)6-2;1-3(5)4-2;1-5-3(4)6-2;2*1-3(4)5-2;2*1-3-2/h1-2H3,(H,4,5);1-2H3,(H,4,5);1-2H3;2*1-2H3;2*1-2H3. The number of methoxy groups -OCH3 is 5. The molecule has 0 saturated carbocycles. The van der Waals surface area contributed by atoms with Gasteiger partial charge >= 0.3 is 18.2 Å². The highest BCUT2D eigenvalue weighted by Gasteiger charge is 1.88. The van der Waals surface area contributed by atoms with Crippen LogP contribution in [-0.4, -0.2) is 105 Å². The van der Waals surface area contributed by atoms with E-state index >= 15 is 0 Å². The maximum atomic E-state index is 9.85. The van der Waals surface area contributed by atoms with Crippen LogP contribution in [-0.2, 0) is 38.1 Å². The van der Waals surface area contributed by atoms with Crippen LogP contribution < -0.4 is 10.6 Å². The lowest BCUT2D eigenvalue weighted by Crippen LogP contribution is -2.16. The molecule has 0 fully saturated rings. The molecule has 0 atom stereocenters. The molecule has 0 saturated heterocycles. The number of alkyl carbamates (subject to hydrolysis) is 1. The van der Waals surface area contributed by atoms with Gasteiger partial charge < -0.3 is 34.3 Å². The van der Waals surface area contributed by atoms with Crippen LogP contribution in [0.3, 0.4) is 0 Å². The van der Waals surface area contributed by atoms with Crippen molar-refractivity contribution in [2.45, 2.75) is 20.8 Å². The Morgan fingerprint density at radius 1 is 0.636 bits per heavy atom. The number of carbonyl (C=O) groups excluding carboxylic acids is 5. The van der Waals surface area contributed by atoms with E-state index in [1.165, 1.54) is 61.1 Å². The number of carbonyl (C=O) groups is 5. The molecule has 14 heteroatoms. The predicted octanol–water partition coefficient (Wildman–Crippen LogP) is 2.44. The molecule has 33 heavy (non-hydrogen) atoms. The topological polar surface area (TPSA) is 156 Å². The first-order chi connectivity index (χ1) is 15.3. The van der Waals surface area contributed by atoms with Gasteiger partial charge in [-0.15, -0.1) is 0 Å². The fourth-order valence-corrected chi connectivity index (χ4v) is 0.185. The van der Waals surface area contributed by atoms with Gasteiger partial charge in [-0.3, -0.25) is 14.4 Å². The molecule has 0 bridgehead atoms. The Kier molecular flexibility index (Phi) is 76.1. The minimum atomic E-state index is -0.657. The predicted molar refractivity (Wildman–Crippen MR) is 135 cm³/mol. The number of amides is 2. The van der Waals surface area contributed by atoms with Gasteiger partial charge in [-0.2, -0.15) is 11.8 Å². The number of rotatable bonds is 0. The fourth-order valence-electron chi connectivity index (χ4n) is 0.185. The number of hydrogen-bond donors (Lipinski definition) is 2. The summed E-state index contributed by atoms with van der Waals surface area (Å²) in [4.78, 5) is 48.7. The highest BCUT2D eigenvalue weighted by atomic mass is 32.2. The molecule has 0 radical (unpaired) electrons. The molecule has 2 amide bonds. The summed E-state index contributed by atoms with van der Waals surface area (Å²) in [5, 5.41) is 4.81. The molecule has 0 aromatic rings. The maximum absolute atomic E-state index is 9.85. The molecule has 0 aromatic heterocycles. The molecule has 0 aliphatic rings. The van der Waals surface area contributed by atoms with Crippen LogP contribution in [0.2, 0.25) is 0 Å². The highest BCUT2D eigenvalue weighted by molar-refractivity contribution is 8.12. The quantitative estimate of drug-likeness (QED) is 0.353. The van der Waals surface area contributed by atoms with Crippen LogP contribution in [0, 0.1) is 0 Å². The highest BCUT2D eigenvalue weighted by Crippen LogP contribution is 1.88. The molecule has 0 aromatic carbocycles. The molecule has 12 nitrogen and oxygen atoms in total. The summed E-state index contributed by atoms with van der Waals surface area (Å²) in [6.07, 6.45) is 4.78. The molecule has 0 unspecified atom stereocenters. The Hall–Kier alpha value is -2.19. The first kappa shape index (κ1) is 48.3. The van der Waals surface area contributed by atoms with E-state index in [9.17, 15) is 24.0 Å². The second kappa shape index (κ2) is 52.0. The van der Waals surface area contributed by atoms with Gasteiger partial charge in [0.1, 0.15) is 0 Å². The van der Waals surface area contributed by atoms with Crippen LogP contribution in [0.5, 0.6) is 0 Å². The third-order valence-electron chi connectivity index (χ3n) is 1.65. The van der Waals surface area contributed by atoms with E-state index in [0.717, 1.165) is 0 Å². The number of ether oxygens (including phenoxy) is 5. The molecule has 0 aliphatic carbocycles. The van der Waals surface area contributed by atoms with E-state index in [4.69, 9.17) is 0 Å². The maximum Gasteiger partial charge on any atom is 0.507 e. The minimum absolute atomic E-state index is 0.00463. The van der Waals surface area contributed by atoms with Gasteiger partial charge in [0.15, 0.2) is 5.12 Å². The van der Waals surface area contributed by atoms with Crippen molar-refractivity contribution in [2.24, 2.45) is 0 Å². The van der Waals surface area contributed by atoms with Crippen LogP contribution in [0.15, 0.2) is 0 Å². The van der Waals surface area contributed by atoms with Gasteiger partial charge in [0.05, 0.1) is 28.4 Å². The normalized spacial score (nSPS) is 6.85. The molecule has 0 rings (SSSR count). The van der Waals surface area contributed by atoms with Crippen molar-refractivity contribution in [3.05, 3.63) is 0 Å². The summed E-state index contributed by atoms with van der Waals surface area (Å²) in [5.74, 6) is -0.241. The van der Waals surface area contributed by atoms with E-state index in [0.29, 0.717) is 0 Å². The van der Waals surface area contributed by atoms with E-state index in [1.807, 2.05) is 12.5 Å². The van der Waals surface area contributed by atoms with Crippen LogP contribution in [0.25, 0.3) is 0 Å². The molecular weight excluding hydrogens is 480 g/mol. The second-order valence-electron chi connectivity index (χ2n) is 4.41. The van der Waals surface area contributed by atoms with E-state index in [-0.39, 0.29) is 17.0 Å². The van der Waals surface area contributed by atoms with Gasteiger partial charge in [0.25, 0.3) is 0 Å². The van der Waals surface area contributed by atoms with E-state index in [2.05, 4.69) is 34.3 Å². The average molecular weight is 525 g/mol. The number of nitrogens with one attached hydrogen (secondary N) is 2. The van der Waals surface area contributed by atoms with Crippen LogP contribution >= 0.6 is 23.5 Å². The lowest BCUT2D eigenvalue weighted by molar-refractivity contribution is -0.138. The monoisotopic (exact) mass is 524 g/mol. The van der Waals surface area contributed by atoms with Gasteiger partial charge in [-0.1, -0.05) is 11.8 Å². The molecule has 0 spiro atoms. The summed E-state index contributed by atoms with van der Waals surface area (Å²) >= 11 is 2.99. The third kappa shape index (κ3) is 165. The molecule has 0 heterocycles. The van der Waals surface area contributed by atoms with Crippen molar-refractivity contribution in [1.82, 2.24) is 10.6 Å². The van der Waals surface area contributed by atoms with Gasteiger partial charge in [-0.05, 0) is 18.8 Å².